The van der Waals surface area contributed by atoms with E-state index in [2.05, 4.69) is 10.3 Å². The summed E-state index contributed by atoms with van der Waals surface area (Å²) in [5, 5.41) is 2.77. The molecule has 1 unspecified atom stereocenters. The normalized spacial score (nSPS) is 12.1. The fraction of sp³-hybridized carbons (Fsp3) is 0.375. The van der Waals surface area contributed by atoms with Crippen LogP contribution in [-0.2, 0) is 4.79 Å². The molecule has 0 fully saturated rings. The van der Waals surface area contributed by atoms with E-state index in [1.54, 1.807) is 6.92 Å². The predicted octanol–water partition coefficient (Wildman–Crippen LogP) is -0.363. The van der Waals surface area contributed by atoms with Crippen LogP contribution in [0.25, 0.3) is 0 Å². The molecule has 5 N–H and O–H groups in total. The van der Waals surface area contributed by atoms with Gasteiger partial charge < -0.3 is 16.8 Å². The number of carbonyl (C=O) groups excluding carboxylic acids is 2. The molecule has 1 heterocycles. The third-order valence-corrected chi connectivity index (χ3v) is 2.78. The first-order valence-electron chi connectivity index (χ1n) is 4.25. The van der Waals surface area contributed by atoms with Gasteiger partial charge in [0, 0.05) is 0 Å². The summed E-state index contributed by atoms with van der Waals surface area (Å²) in [5.41, 5.74) is 11.0. The summed E-state index contributed by atoms with van der Waals surface area (Å²) < 4.78 is 0. The van der Waals surface area contributed by atoms with Gasteiger partial charge in [0.1, 0.15) is 10.9 Å². The quantitative estimate of drug-likeness (QED) is 0.655. The van der Waals surface area contributed by atoms with Crippen molar-refractivity contribution < 1.29 is 9.59 Å². The lowest BCUT2D eigenvalue weighted by atomic mass is 10.3. The first kappa shape index (κ1) is 11.4. The Hall–Kier alpha value is -1.63. The van der Waals surface area contributed by atoms with Gasteiger partial charge in [-0.3, -0.25) is 9.59 Å². The highest BCUT2D eigenvalue weighted by Gasteiger charge is 2.18. The van der Waals surface area contributed by atoms with Gasteiger partial charge in [0.2, 0.25) is 5.91 Å². The van der Waals surface area contributed by atoms with E-state index in [4.69, 9.17) is 11.5 Å². The van der Waals surface area contributed by atoms with Crippen LogP contribution in [0.15, 0.2) is 0 Å². The Kier molecular flexibility index (Phi) is 3.25. The monoisotopic (exact) mass is 228 g/mol. The highest BCUT2D eigenvalue weighted by atomic mass is 32.1. The molecule has 0 saturated heterocycles. The fourth-order valence-corrected chi connectivity index (χ4v) is 1.70. The number of hydrogen-bond acceptors (Lipinski definition) is 5. The van der Waals surface area contributed by atoms with Gasteiger partial charge in [-0.05, 0) is 13.8 Å². The van der Waals surface area contributed by atoms with Crippen molar-refractivity contribution in [3.05, 3.63) is 10.6 Å². The highest BCUT2D eigenvalue weighted by molar-refractivity contribution is 7.17. The van der Waals surface area contributed by atoms with Crippen molar-refractivity contribution in [1.29, 1.82) is 0 Å². The van der Waals surface area contributed by atoms with Gasteiger partial charge in [-0.2, -0.15) is 0 Å². The lowest BCUT2D eigenvalue weighted by Gasteiger charge is -2.08. The number of nitrogen functional groups attached to an aromatic ring is 1. The zero-order valence-electron chi connectivity index (χ0n) is 8.40. The van der Waals surface area contributed by atoms with Crippen LogP contribution in [0, 0.1) is 6.92 Å². The molecule has 0 radical (unpaired) electrons. The number of rotatable bonds is 3. The van der Waals surface area contributed by atoms with E-state index < -0.39 is 11.9 Å². The second-order valence-electron chi connectivity index (χ2n) is 3.06. The summed E-state index contributed by atoms with van der Waals surface area (Å²) >= 11 is 1.08. The number of nitrogens with zero attached hydrogens (tertiary/aromatic N) is 1. The molecule has 1 atom stereocenters. The maximum Gasteiger partial charge on any atom is 0.263 e. The summed E-state index contributed by atoms with van der Waals surface area (Å²) in [6.07, 6.45) is 0. The van der Waals surface area contributed by atoms with Crippen LogP contribution in [0.2, 0.25) is 0 Å². The minimum Gasteiger partial charge on any atom is -0.375 e. The fourth-order valence-electron chi connectivity index (χ4n) is 0.961. The standard InChI is InChI=1S/C8H12N4O2S/c1-3-5(15-8(10)12-3)7(14)11-4(2)6(9)13/h4H,1-2H3,(H2,9,13)(H2,10,12)(H,11,14). The molecule has 1 rings (SSSR count). The molecule has 0 aliphatic heterocycles. The molecule has 0 bridgehead atoms. The van der Waals surface area contributed by atoms with Crippen LogP contribution < -0.4 is 16.8 Å². The Morgan fingerprint density at radius 1 is 1.53 bits per heavy atom. The number of nitrogens with two attached hydrogens (primary N) is 2. The largest absolute Gasteiger partial charge is 0.375 e. The van der Waals surface area contributed by atoms with Crippen LogP contribution in [0.4, 0.5) is 5.13 Å². The number of carbonyl (C=O) groups is 2. The highest BCUT2D eigenvalue weighted by Crippen LogP contribution is 2.19. The average molecular weight is 228 g/mol. The van der Waals surface area contributed by atoms with Crippen molar-refractivity contribution in [3.63, 3.8) is 0 Å². The molecule has 1 aromatic heterocycles. The molecule has 6 nitrogen and oxygen atoms in total. The molecule has 0 spiro atoms. The summed E-state index contributed by atoms with van der Waals surface area (Å²) in [7, 11) is 0. The number of thiazole rings is 1. The summed E-state index contributed by atoms with van der Waals surface area (Å²) in [4.78, 5) is 26.6. The predicted molar refractivity (Wildman–Crippen MR) is 57.4 cm³/mol. The van der Waals surface area contributed by atoms with E-state index in [0.29, 0.717) is 15.7 Å². The number of primary amides is 1. The molecule has 0 saturated carbocycles. The maximum absolute atomic E-state index is 11.6. The third kappa shape index (κ3) is 2.66. The molecule has 82 valence electrons. The number of aryl methyl sites for hydroxylation is 1. The third-order valence-electron chi connectivity index (χ3n) is 1.79. The van der Waals surface area contributed by atoms with Crippen molar-refractivity contribution in [2.75, 3.05) is 5.73 Å². The average Bonchev–Trinajstić information content (AvgIpc) is 2.44. The Balaban J connectivity index is 2.77. The minimum absolute atomic E-state index is 0.323. The van der Waals surface area contributed by atoms with Crippen molar-refractivity contribution in [3.8, 4) is 0 Å². The Morgan fingerprint density at radius 3 is 2.53 bits per heavy atom. The zero-order valence-corrected chi connectivity index (χ0v) is 9.22. The van der Waals surface area contributed by atoms with Gasteiger partial charge in [-0.1, -0.05) is 11.3 Å². The molecule has 0 aliphatic rings. The minimum atomic E-state index is -0.708. The number of hydrogen-bond donors (Lipinski definition) is 3. The zero-order chi connectivity index (χ0) is 11.6. The topological polar surface area (TPSA) is 111 Å². The molecule has 2 amide bonds. The van der Waals surface area contributed by atoms with E-state index in [9.17, 15) is 9.59 Å². The van der Waals surface area contributed by atoms with Gasteiger partial charge in [0.15, 0.2) is 5.13 Å². The first-order valence-corrected chi connectivity index (χ1v) is 5.06. The SMILES string of the molecule is Cc1nc(N)sc1C(=O)NC(C)C(N)=O. The van der Waals surface area contributed by atoms with E-state index in [0.717, 1.165) is 11.3 Å². The first-order chi connectivity index (χ1) is 6.91. The molecule has 1 aromatic rings. The van der Waals surface area contributed by atoms with Crippen molar-refractivity contribution in [2.45, 2.75) is 19.9 Å². The van der Waals surface area contributed by atoms with Crippen LogP contribution in [-0.4, -0.2) is 22.8 Å². The van der Waals surface area contributed by atoms with Crippen molar-refractivity contribution >= 4 is 28.3 Å². The van der Waals surface area contributed by atoms with Gasteiger partial charge >= 0.3 is 0 Å². The number of nitrogens with one attached hydrogen (secondary N) is 1. The molecular weight excluding hydrogens is 216 g/mol. The Morgan fingerprint density at radius 2 is 2.13 bits per heavy atom. The molecule has 15 heavy (non-hydrogen) atoms. The number of aromatic nitrogens is 1. The van der Waals surface area contributed by atoms with Crippen molar-refractivity contribution in [2.24, 2.45) is 5.73 Å². The van der Waals surface area contributed by atoms with Crippen LogP contribution in [0.1, 0.15) is 22.3 Å². The van der Waals surface area contributed by atoms with Gasteiger partial charge in [-0.25, -0.2) is 4.98 Å². The van der Waals surface area contributed by atoms with Gasteiger partial charge in [0.05, 0.1) is 5.69 Å². The molecular formula is C8H12N4O2S. The molecule has 0 aromatic carbocycles. The molecule has 0 aliphatic carbocycles. The number of anilines is 1. The van der Waals surface area contributed by atoms with E-state index >= 15 is 0 Å². The van der Waals surface area contributed by atoms with Gasteiger partial charge in [-0.15, -0.1) is 0 Å². The summed E-state index contributed by atoms with van der Waals surface area (Å²) in [5.74, 6) is -0.966. The second kappa shape index (κ2) is 4.26. The van der Waals surface area contributed by atoms with E-state index in [1.807, 2.05) is 0 Å². The lowest BCUT2D eigenvalue weighted by molar-refractivity contribution is -0.119. The van der Waals surface area contributed by atoms with E-state index in [-0.39, 0.29) is 5.91 Å². The lowest BCUT2D eigenvalue weighted by Crippen LogP contribution is -2.42. The summed E-state index contributed by atoms with van der Waals surface area (Å²) in [6.45, 7) is 3.19. The second-order valence-corrected chi connectivity index (χ2v) is 4.09. The van der Waals surface area contributed by atoms with Crippen LogP contribution in [0.3, 0.4) is 0 Å². The molecule has 7 heteroatoms. The smallest absolute Gasteiger partial charge is 0.263 e. The van der Waals surface area contributed by atoms with Gasteiger partial charge in [0.25, 0.3) is 5.91 Å². The summed E-state index contributed by atoms with van der Waals surface area (Å²) in [6, 6.07) is -0.708. The Labute approximate surface area is 90.7 Å². The van der Waals surface area contributed by atoms with Crippen molar-refractivity contribution in [1.82, 2.24) is 10.3 Å². The van der Waals surface area contributed by atoms with Crippen LogP contribution in [0.5, 0.6) is 0 Å². The number of amides is 2. The van der Waals surface area contributed by atoms with Crippen LogP contribution >= 0.6 is 11.3 Å². The maximum atomic E-state index is 11.6. The Bertz CT molecular complexity index is 401. The van der Waals surface area contributed by atoms with E-state index in [1.165, 1.54) is 6.92 Å².